The van der Waals surface area contributed by atoms with Crippen molar-refractivity contribution in [3.05, 3.63) is 35.4 Å². The Labute approximate surface area is 162 Å². The lowest BCUT2D eigenvalue weighted by Gasteiger charge is -2.33. The molecule has 1 N–H and O–H groups in total. The summed E-state index contributed by atoms with van der Waals surface area (Å²) in [5, 5.41) is 2.90. The average Bonchev–Trinajstić information content (AvgIpc) is 3.47. The molecule has 1 spiro atoms. The summed E-state index contributed by atoms with van der Waals surface area (Å²) < 4.78 is 0. The van der Waals surface area contributed by atoms with E-state index >= 15 is 0 Å². The summed E-state index contributed by atoms with van der Waals surface area (Å²) in [5.74, 6) is 0.546. The Balaban J connectivity index is 1.30. The SMILES string of the molecule is CC(NC(=O)c1ccc(C2CCCCC2)cc1)C(=O)N1CCC2(CC1)CC2. The molecule has 1 saturated heterocycles. The molecular weight excluding hydrogens is 336 g/mol. The summed E-state index contributed by atoms with van der Waals surface area (Å²) in [6.07, 6.45) is 11.4. The predicted molar refractivity (Wildman–Crippen MR) is 107 cm³/mol. The second kappa shape index (κ2) is 7.65. The highest BCUT2D eigenvalue weighted by molar-refractivity contribution is 5.97. The Hall–Kier alpha value is -1.84. The largest absolute Gasteiger partial charge is 0.341 e. The summed E-state index contributed by atoms with van der Waals surface area (Å²) >= 11 is 0. The minimum Gasteiger partial charge on any atom is -0.341 e. The molecule has 4 heteroatoms. The van der Waals surface area contributed by atoms with Crippen LogP contribution in [0.5, 0.6) is 0 Å². The first-order chi connectivity index (χ1) is 13.1. The summed E-state index contributed by atoms with van der Waals surface area (Å²) in [6, 6.07) is 7.54. The molecule has 1 unspecified atom stereocenters. The van der Waals surface area contributed by atoms with Crippen molar-refractivity contribution >= 4 is 11.8 Å². The summed E-state index contributed by atoms with van der Waals surface area (Å²) in [6.45, 7) is 3.49. The third kappa shape index (κ3) is 4.20. The van der Waals surface area contributed by atoms with E-state index in [1.54, 1.807) is 6.92 Å². The molecule has 1 aromatic carbocycles. The lowest BCUT2D eigenvalue weighted by Crippen LogP contribution is -2.49. The number of hydrogen-bond acceptors (Lipinski definition) is 2. The zero-order valence-corrected chi connectivity index (χ0v) is 16.5. The predicted octanol–water partition coefficient (Wildman–Crippen LogP) is 4.26. The van der Waals surface area contributed by atoms with Crippen molar-refractivity contribution in [3.63, 3.8) is 0 Å². The minimum atomic E-state index is -0.469. The Bertz CT molecular complexity index is 677. The first-order valence-corrected chi connectivity index (χ1v) is 10.8. The summed E-state index contributed by atoms with van der Waals surface area (Å²) in [5.41, 5.74) is 2.55. The summed E-state index contributed by atoms with van der Waals surface area (Å²) in [4.78, 5) is 27.2. The highest BCUT2D eigenvalue weighted by Gasteiger charge is 2.45. The maximum absolute atomic E-state index is 12.7. The highest BCUT2D eigenvalue weighted by atomic mass is 16.2. The van der Waals surface area contributed by atoms with E-state index < -0.39 is 6.04 Å². The van der Waals surface area contributed by atoms with Crippen LogP contribution in [-0.2, 0) is 4.79 Å². The van der Waals surface area contributed by atoms with E-state index in [0.717, 1.165) is 25.9 Å². The molecule has 3 aliphatic rings. The van der Waals surface area contributed by atoms with E-state index in [1.165, 1.54) is 50.5 Å². The van der Waals surface area contributed by atoms with Crippen LogP contribution in [0.1, 0.15) is 86.6 Å². The van der Waals surface area contributed by atoms with E-state index in [4.69, 9.17) is 0 Å². The maximum Gasteiger partial charge on any atom is 0.251 e. The van der Waals surface area contributed by atoms with Gasteiger partial charge in [-0.25, -0.2) is 0 Å². The lowest BCUT2D eigenvalue weighted by molar-refractivity contribution is -0.134. The summed E-state index contributed by atoms with van der Waals surface area (Å²) in [7, 11) is 0. The number of amides is 2. The second-order valence-corrected chi connectivity index (χ2v) is 8.98. The number of hydrogen-bond donors (Lipinski definition) is 1. The van der Waals surface area contributed by atoms with Gasteiger partial charge in [0.25, 0.3) is 5.91 Å². The van der Waals surface area contributed by atoms with Crippen molar-refractivity contribution in [2.24, 2.45) is 5.41 Å². The van der Waals surface area contributed by atoms with Gasteiger partial charge in [0.05, 0.1) is 0 Å². The number of carbonyl (C=O) groups excluding carboxylic acids is 2. The van der Waals surface area contributed by atoms with Crippen molar-refractivity contribution in [1.29, 1.82) is 0 Å². The van der Waals surface area contributed by atoms with Crippen LogP contribution in [0.15, 0.2) is 24.3 Å². The molecule has 2 amide bonds. The molecule has 2 saturated carbocycles. The van der Waals surface area contributed by atoms with Gasteiger partial charge in [-0.1, -0.05) is 31.4 Å². The molecule has 0 radical (unpaired) electrons. The average molecular weight is 369 g/mol. The molecule has 146 valence electrons. The van der Waals surface area contributed by atoms with Gasteiger partial charge in [-0.3, -0.25) is 9.59 Å². The van der Waals surface area contributed by atoms with E-state index in [9.17, 15) is 9.59 Å². The number of rotatable bonds is 4. The number of nitrogens with zero attached hydrogens (tertiary/aromatic N) is 1. The van der Waals surface area contributed by atoms with Gasteiger partial charge in [-0.05, 0) is 74.5 Å². The molecular formula is C23H32N2O2. The first-order valence-electron chi connectivity index (χ1n) is 10.8. The highest BCUT2D eigenvalue weighted by Crippen LogP contribution is 2.53. The van der Waals surface area contributed by atoms with Crippen molar-refractivity contribution in [1.82, 2.24) is 10.2 Å². The number of carbonyl (C=O) groups is 2. The van der Waals surface area contributed by atoms with Gasteiger partial charge in [-0.15, -0.1) is 0 Å². The molecule has 1 aromatic rings. The van der Waals surface area contributed by atoms with Crippen LogP contribution in [0.4, 0.5) is 0 Å². The minimum absolute atomic E-state index is 0.0534. The number of piperidine rings is 1. The Morgan fingerprint density at radius 1 is 1.00 bits per heavy atom. The fraction of sp³-hybridized carbons (Fsp3) is 0.652. The van der Waals surface area contributed by atoms with Crippen molar-refractivity contribution in [2.45, 2.75) is 76.7 Å². The number of likely N-dealkylation sites (tertiary alicyclic amines) is 1. The van der Waals surface area contributed by atoms with E-state index in [0.29, 0.717) is 16.9 Å². The van der Waals surface area contributed by atoms with Crippen molar-refractivity contribution in [2.75, 3.05) is 13.1 Å². The fourth-order valence-electron chi connectivity index (χ4n) is 4.84. The van der Waals surface area contributed by atoms with Crippen LogP contribution in [0, 0.1) is 5.41 Å². The fourth-order valence-corrected chi connectivity index (χ4v) is 4.84. The monoisotopic (exact) mass is 368 g/mol. The topological polar surface area (TPSA) is 49.4 Å². The smallest absolute Gasteiger partial charge is 0.251 e. The van der Waals surface area contributed by atoms with Crippen LogP contribution in [0.25, 0.3) is 0 Å². The quantitative estimate of drug-likeness (QED) is 0.863. The van der Waals surface area contributed by atoms with Gasteiger partial charge in [-0.2, -0.15) is 0 Å². The molecule has 0 bridgehead atoms. The molecule has 4 rings (SSSR count). The van der Waals surface area contributed by atoms with Gasteiger partial charge in [0.15, 0.2) is 0 Å². The zero-order chi connectivity index (χ0) is 18.9. The van der Waals surface area contributed by atoms with Gasteiger partial charge < -0.3 is 10.2 Å². The lowest BCUT2D eigenvalue weighted by atomic mass is 9.84. The molecule has 3 fully saturated rings. The van der Waals surface area contributed by atoms with Gasteiger partial charge in [0.2, 0.25) is 5.91 Å². The maximum atomic E-state index is 12.7. The zero-order valence-electron chi connectivity index (χ0n) is 16.5. The molecule has 0 aromatic heterocycles. The molecule has 1 aliphatic heterocycles. The molecule has 2 aliphatic carbocycles. The van der Waals surface area contributed by atoms with Crippen LogP contribution < -0.4 is 5.32 Å². The van der Waals surface area contributed by atoms with Gasteiger partial charge >= 0.3 is 0 Å². The standard InChI is InChI=1S/C23H32N2O2/c1-17(22(27)25-15-13-23(11-12-23)14-16-25)24-21(26)20-9-7-19(8-10-20)18-5-3-2-4-6-18/h7-10,17-18H,2-6,11-16H2,1H3,(H,24,26). The van der Waals surface area contributed by atoms with E-state index in [2.05, 4.69) is 17.4 Å². The molecule has 1 atom stereocenters. The number of benzene rings is 1. The van der Waals surface area contributed by atoms with Crippen LogP contribution >= 0.6 is 0 Å². The van der Waals surface area contributed by atoms with Crippen molar-refractivity contribution < 1.29 is 9.59 Å². The second-order valence-electron chi connectivity index (χ2n) is 8.98. The van der Waals surface area contributed by atoms with Crippen LogP contribution in [-0.4, -0.2) is 35.8 Å². The number of nitrogens with one attached hydrogen (secondary N) is 1. The third-order valence-electron chi connectivity index (χ3n) is 7.06. The van der Waals surface area contributed by atoms with E-state index in [-0.39, 0.29) is 11.8 Å². The normalized spacial score (nSPS) is 23.1. The van der Waals surface area contributed by atoms with Gasteiger partial charge in [0, 0.05) is 18.7 Å². The molecule has 1 heterocycles. The Morgan fingerprint density at radius 2 is 1.63 bits per heavy atom. The van der Waals surface area contributed by atoms with Crippen molar-refractivity contribution in [3.8, 4) is 0 Å². The third-order valence-corrected chi connectivity index (χ3v) is 7.06. The van der Waals surface area contributed by atoms with Crippen LogP contribution in [0.2, 0.25) is 0 Å². The first kappa shape index (κ1) is 18.5. The van der Waals surface area contributed by atoms with E-state index in [1.807, 2.05) is 17.0 Å². The van der Waals surface area contributed by atoms with Gasteiger partial charge in [0.1, 0.15) is 6.04 Å². The molecule has 27 heavy (non-hydrogen) atoms. The van der Waals surface area contributed by atoms with Crippen LogP contribution in [0.3, 0.4) is 0 Å². The molecule has 4 nitrogen and oxygen atoms in total. The Morgan fingerprint density at radius 3 is 2.22 bits per heavy atom. The Kier molecular flexibility index (Phi) is 5.25.